The molecule has 2 heterocycles. The molecule has 0 bridgehead atoms. The topological polar surface area (TPSA) is 88.2 Å². The maximum atomic E-state index is 13.5. The highest BCUT2D eigenvalue weighted by atomic mass is 16.7. The molecule has 2 aliphatic heterocycles. The molecule has 5 rings (SSSR count). The SMILES string of the molecule is CCCN(OCc1ccccc1)C(=O)C1=Cc2ccc(-c3ccc(C(=O)N4CCCC4)cc3)cc2N=C(N)C1. The first-order chi connectivity index (χ1) is 19.0. The smallest absolute Gasteiger partial charge is 0.273 e. The van der Waals surface area contributed by atoms with Crippen LogP contribution < -0.4 is 5.73 Å². The standard InChI is InChI=1S/C32H34N4O3/c1-2-16-36(39-22-23-8-4-3-5-9-23)32(38)28-19-27-15-14-26(20-29(27)34-30(33)21-28)24-10-12-25(13-11-24)31(37)35-17-6-7-18-35/h3-5,8-15,19-20H,2,6-7,16-18,21-22H2,1H3,(H2,33,34). The normalized spacial score (nSPS) is 14.7. The molecule has 0 spiro atoms. The number of benzene rings is 3. The first kappa shape index (κ1) is 26.4. The Morgan fingerprint density at radius 2 is 1.69 bits per heavy atom. The number of hydrogen-bond donors (Lipinski definition) is 1. The van der Waals surface area contributed by atoms with Crippen LogP contribution in [-0.2, 0) is 16.2 Å². The quantitative estimate of drug-likeness (QED) is 0.383. The number of amidine groups is 1. The fourth-order valence-electron chi connectivity index (χ4n) is 4.93. The Morgan fingerprint density at radius 3 is 2.41 bits per heavy atom. The predicted octanol–water partition coefficient (Wildman–Crippen LogP) is 5.74. The highest BCUT2D eigenvalue weighted by Gasteiger charge is 2.23. The van der Waals surface area contributed by atoms with Gasteiger partial charge >= 0.3 is 0 Å². The number of aliphatic imine (C=N–C) groups is 1. The second-order valence-corrected chi connectivity index (χ2v) is 9.97. The molecule has 2 amide bonds. The van der Waals surface area contributed by atoms with Gasteiger partial charge in [-0.2, -0.15) is 0 Å². The van der Waals surface area contributed by atoms with Gasteiger partial charge < -0.3 is 10.6 Å². The van der Waals surface area contributed by atoms with Crippen molar-refractivity contribution in [3.8, 4) is 11.1 Å². The number of hydroxylamine groups is 2. The first-order valence-electron chi connectivity index (χ1n) is 13.6. The van der Waals surface area contributed by atoms with E-state index in [4.69, 9.17) is 10.6 Å². The van der Waals surface area contributed by atoms with E-state index in [1.807, 2.05) is 90.7 Å². The number of hydrogen-bond acceptors (Lipinski definition) is 5. The lowest BCUT2D eigenvalue weighted by Gasteiger charge is -2.22. The van der Waals surface area contributed by atoms with E-state index < -0.39 is 0 Å². The van der Waals surface area contributed by atoms with Crippen LogP contribution in [0.25, 0.3) is 17.2 Å². The van der Waals surface area contributed by atoms with Gasteiger partial charge in [0.2, 0.25) is 0 Å². The van der Waals surface area contributed by atoms with Crippen LogP contribution in [0.5, 0.6) is 0 Å². The highest BCUT2D eigenvalue weighted by Crippen LogP contribution is 2.32. The summed E-state index contributed by atoms with van der Waals surface area (Å²) in [6.07, 6.45) is 5.01. The Labute approximate surface area is 229 Å². The molecule has 3 aromatic rings. The molecular formula is C32H34N4O3. The molecule has 2 aliphatic rings. The molecule has 2 N–H and O–H groups in total. The number of fused-ring (bicyclic) bond motifs is 1. The molecule has 3 aromatic carbocycles. The van der Waals surface area contributed by atoms with E-state index in [0.717, 1.165) is 54.6 Å². The van der Waals surface area contributed by atoms with E-state index in [1.54, 1.807) is 0 Å². The number of amides is 2. The van der Waals surface area contributed by atoms with Gasteiger partial charge in [0.1, 0.15) is 12.4 Å². The van der Waals surface area contributed by atoms with Crippen molar-refractivity contribution in [1.82, 2.24) is 9.96 Å². The number of carbonyl (C=O) groups is 2. The van der Waals surface area contributed by atoms with E-state index in [-0.39, 0.29) is 18.2 Å². The fourth-order valence-corrected chi connectivity index (χ4v) is 4.93. The molecule has 1 fully saturated rings. The molecule has 200 valence electrons. The van der Waals surface area contributed by atoms with Gasteiger partial charge in [0.15, 0.2) is 0 Å². The third-order valence-corrected chi connectivity index (χ3v) is 7.01. The lowest BCUT2D eigenvalue weighted by molar-refractivity contribution is -0.187. The van der Waals surface area contributed by atoms with Crippen LogP contribution in [0, 0.1) is 0 Å². The Morgan fingerprint density at radius 1 is 0.974 bits per heavy atom. The lowest BCUT2D eigenvalue weighted by atomic mass is 10.00. The van der Waals surface area contributed by atoms with E-state index in [0.29, 0.717) is 35.8 Å². The monoisotopic (exact) mass is 522 g/mol. The van der Waals surface area contributed by atoms with Gasteiger partial charge in [-0.1, -0.05) is 61.5 Å². The van der Waals surface area contributed by atoms with Crippen LogP contribution in [0.1, 0.15) is 54.1 Å². The molecule has 0 unspecified atom stereocenters. The highest BCUT2D eigenvalue weighted by molar-refractivity contribution is 6.05. The van der Waals surface area contributed by atoms with Gasteiger partial charge in [-0.3, -0.25) is 14.4 Å². The number of nitrogens with two attached hydrogens (primary N) is 1. The summed E-state index contributed by atoms with van der Waals surface area (Å²) in [6, 6.07) is 23.4. The average molecular weight is 523 g/mol. The summed E-state index contributed by atoms with van der Waals surface area (Å²) in [4.78, 5) is 38.6. The maximum Gasteiger partial charge on any atom is 0.273 e. The number of likely N-dealkylation sites (tertiary alicyclic amines) is 1. The van der Waals surface area contributed by atoms with E-state index in [2.05, 4.69) is 4.99 Å². The van der Waals surface area contributed by atoms with Gasteiger partial charge in [0.25, 0.3) is 11.8 Å². The molecule has 0 saturated carbocycles. The minimum atomic E-state index is -0.207. The van der Waals surface area contributed by atoms with Crippen LogP contribution in [0.4, 0.5) is 5.69 Å². The Hall–Kier alpha value is -4.23. The number of carbonyl (C=O) groups excluding carboxylic acids is 2. The van der Waals surface area contributed by atoms with Gasteiger partial charge in [0, 0.05) is 42.8 Å². The van der Waals surface area contributed by atoms with Crippen LogP contribution in [0.15, 0.2) is 83.4 Å². The van der Waals surface area contributed by atoms with Crippen LogP contribution >= 0.6 is 0 Å². The summed E-state index contributed by atoms with van der Waals surface area (Å²) >= 11 is 0. The summed E-state index contributed by atoms with van der Waals surface area (Å²) in [5, 5.41) is 1.43. The lowest BCUT2D eigenvalue weighted by Crippen LogP contribution is -2.34. The zero-order chi connectivity index (χ0) is 27.2. The van der Waals surface area contributed by atoms with E-state index >= 15 is 0 Å². The largest absolute Gasteiger partial charge is 0.387 e. The van der Waals surface area contributed by atoms with E-state index in [1.165, 1.54) is 5.06 Å². The Kier molecular flexibility index (Phi) is 8.18. The van der Waals surface area contributed by atoms with Crippen molar-refractivity contribution in [3.05, 3.63) is 95.1 Å². The predicted molar refractivity (Wildman–Crippen MR) is 154 cm³/mol. The molecule has 7 heteroatoms. The van der Waals surface area contributed by atoms with Gasteiger partial charge in [-0.05, 0) is 60.2 Å². The number of nitrogens with zero attached hydrogens (tertiary/aromatic N) is 3. The molecule has 0 aliphatic carbocycles. The average Bonchev–Trinajstić information content (AvgIpc) is 3.45. The third-order valence-electron chi connectivity index (χ3n) is 7.01. The van der Waals surface area contributed by atoms with Gasteiger partial charge in [-0.25, -0.2) is 10.1 Å². The molecule has 0 radical (unpaired) electrons. The summed E-state index contributed by atoms with van der Waals surface area (Å²) in [5.74, 6) is 0.253. The van der Waals surface area contributed by atoms with Crippen molar-refractivity contribution >= 4 is 29.4 Å². The van der Waals surface area contributed by atoms with Crippen LogP contribution in [0.2, 0.25) is 0 Å². The molecular weight excluding hydrogens is 488 g/mol. The maximum absolute atomic E-state index is 13.5. The first-order valence-corrected chi connectivity index (χ1v) is 13.6. The van der Waals surface area contributed by atoms with Gasteiger partial charge in [0.05, 0.1) is 5.69 Å². The van der Waals surface area contributed by atoms with Crippen molar-refractivity contribution in [2.75, 3.05) is 19.6 Å². The summed E-state index contributed by atoms with van der Waals surface area (Å²) < 4.78 is 0. The molecule has 39 heavy (non-hydrogen) atoms. The van der Waals surface area contributed by atoms with Crippen LogP contribution in [0.3, 0.4) is 0 Å². The van der Waals surface area contributed by atoms with Crippen molar-refractivity contribution in [3.63, 3.8) is 0 Å². The summed E-state index contributed by atoms with van der Waals surface area (Å²) in [5.41, 5.74) is 12.0. The van der Waals surface area contributed by atoms with Crippen molar-refractivity contribution in [2.45, 2.75) is 39.2 Å². The molecule has 0 atom stereocenters. The van der Waals surface area contributed by atoms with Crippen molar-refractivity contribution in [2.24, 2.45) is 10.7 Å². The van der Waals surface area contributed by atoms with Gasteiger partial charge in [-0.15, -0.1) is 0 Å². The molecule has 1 saturated heterocycles. The van der Waals surface area contributed by atoms with E-state index in [9.17, 15) is 9.59 Å². The van der Waals surface area contributed by atoms with Crippen molar-refractivity contribution < 1.29 is 14.4 Å². The summed E-state index contributed by atoms with van der Waals surface area (Å²) in [7, 11) is 0. The molecule has 0 aromatic heterocycles. The second kappa shape index (κ2) is 12.1. The summed E-state index contributed by atoms with van der Waals surface area (Å²) in [6.45, 7) is 4.46. The zero-order valence-corrected chi connectivity index (χ0v) is 22.3. The molecule has 7 nitrogen and oxygen atoms in total. The Balaban J connectivity index is 1.35. The minimum absolute atomic E-state index is 0.0885. The minimum Gasteiger partial charge on any atom is -0.387 e. The zero-order valence-electron chi connectivity index (χ0n) is 22.3. The van der Waals surface area contributed by atoms with Crippen molar-refractivity contribution in [1.29, 1.82) is 0 Å². The number of rotatable bonds is 8. The van der Waals surface area contributed by atoms with Crippen LogP contribution in [-0.4, -0.2) is 47.2 Å². The Bertz CT molecular complexity index is 1390. The fraction of sp³-hybridized carbons (Fsp3) is 0.281. The second-order valence-electron chi connectivity index (χ2n) is 9.97. The third kappa shape index (κ3) is 6.26.